The number of carbonyl (C=O) groups excluding carboxylic acids is 1. The highest BCUT2D eigenvalue weighted by Gasteiger charge is 2.13. The molecule has 108 valence electrons. The summed E-state index contributed by atoms with van der Waals surface area (Å²) in [5.41, 5.74) is 7.50. The Morgan fingerprint density at radius 2 is 2.00 bits per heavy atom. The van der Waals surface area contributed by atoms with Gasteiger partial charge in [-0.1, -0.05) is 32.0 Å². The highest BCUT2D eigenvalue weighted by molar-refractivity contribution is 5.91. The highest BCUT2D eigenvalue weighted by atomic mass is 35.5. The molecule has 5 heteroatoms. The summed E-state index contributed by atoms with van der Waals surface area (Å²) in [7, 11) is 1.56. The van der Waals surface area contributed by atoms with E-state index in [1.54, 1.807) is 7.11 Å². The first-order valence-electron chi connectivity index (χ1n) is 6.20. The van der Waals surface area contributed by atoms with E-state index in [-0.39, 0.29) is 30.8 Å². The van der Waals surface area contributed by atoms with Crippen LogP contribution in [0.2, 0.25) is 0 Å². The van der Waals surface area contributed by atoms with Gasteiger partial charge in [-0.15, -0.1) is 12.4 Å². The highest BCUT2D eigenvalue weighted by Crippen LogP contribution is 2.23. The van der Waals surface area contributed by atoms with Gasteiger partial charge in [0.2, 0.25) is 5.91 Å². The summed E-state index contributed by atoms with van der Waals surface area (Å²) in [5, 5.41) is 2.92. The minimum atomic E-state index is -0.226. The average molecular weight is 287 g/mol. The van der Waals surface area contributed by atoms with E-state index in [0.29, 0.717) is 12.5 Å². The summed E-state index contributed by atoms with van der Waals surface area (Å²) in [6, 6.07) is 7.83. The zero-order valence-corrected chi connectivity index (χ0v) is 12.5. The van der Waals surface area contributed by atoms with Crippen LogP contribution in [0, 0.1) is 0 Å². The van der Waals surface area contributed by atoms with E-state index in [0.717, 1.165) is 11.3 Å². The molecule has 0 aliphatic heterocycles. The van der Waals surface area contributed by atoms with E-state index < -0.39 is 0 Å². The van der Waals surface area contributed by atoms with E-state index in [2.05, 4.69) is 19.2 Å². The Kier molecular flexibility index (Phi) is 8.39. The van der Waals surface area contributed by atoms with Crippen LogP contribution in [0.1, 0.15) is 31.7 Å². The monoisotopic (exact) mass is 286 g/mol. The van der Waals surface area contributed by atoms with Gasteiger partial charge < -0.3 is 15.8 Å². The molecule has 1 aromatic carbocycles. The van der Waals surface area contributed by atoms with Crippen molar-refractivity contribution in [3.8, 4) is 0 Å². The fourth-order valence-corrected chi connectivity index (χ4v) is 1.79. The lowest BCUT2D eigenvalue weighted by molar-refractivity contribution is -0.118. The van der Waals surface area contributed by atoms with Crippen LogP contribution in [0.3, 0.4) is 0 Å². The summed E-state index contributed by atoms with van der Waals surface area (Å²) >= 11 is 0. The Labute approximate surface area is 121 Å². The number of rotatable bonds is 6. The zero-order chi connectivity index (χ0) is 13.5. The number of halogens is 1. The lowest BCUT2D eigenvalue weighted by atomic mass is 10.0. The fourth-order valence-electron chi connectivity index (χ4n) is 1.79. The van der Waals surface area contributed by atoms with Gasteiger partial charge in [0.05, 0.1) is 12.5 Å². The van der Waals surface area contributed by atoms with Crippen molar-refractivity contribution in [3.63, 3.8) is 0 Å². The van der Waals surface area contributed by atoms with Crippen LogP contribution in [-0.4, -0.2) is 25.7 Å². The third-order valence-corrected chi connectivity index (χ3v) is 2.87. The molecule has 4 nitrogen and oxygen atoms in total. The number of anilines is 1. The standard InChI is InChI=1S/C14H22N2O2.ClH/c1-10(2)12-6-4-5-7-13(12)16-14(17)8-11(9-15)18-3;/h4-7,10-11H,8-9,15H2,1-3H3,(H,16,17);1H. The summed E-state index contributed by atoms with van der Waals surface area (Å²) < 4.78 is 5.10. The van der Waals surface area contributed by atoms with Gasteiger partial charge in [-0.25, -0.2) is 0 Å². The molecular weight excluding hydrogens is 264 g/mol. The average Bonchev–Trinajstić information content (AvgIpc) is 2.36. The van der Waals surface area contributed by atoms with Crippen molar-refractivity contribution >= 4 is 24.0 Å². The zero-order valence-electron chi connectivity index (χ0n) is 11.7. The van der Waals surface area contributed by atoms with Crippen molar-refractivity contribution < 1.29 is 9.53 Å². The fraction of sp³-hybridized carbons (Fsp3) is 0.500. The number of para-hydroxylation sites is 1. The third kappa shape index (κ3) is 5.59. The van der Waals surface area contributed by atoms with Gasteiger partial charge >= 0.3 is 0 Å². The van der Waals surface area contributed by atoms with Crippen LogP contribution >= 0.6 is 12.4 Å². The molecule has 1 aromatic rings. The van der Waals surface area contributed by atoms with E-state index in [1.165, 1.54) is 0 Å². The van der Waals surface area contributed by atoms with Gasteiger partial charge in [-0.2, -0.15) is 0 Å². The van der Waals surface area contributed by atoms with Crippen molar-refractivity contribution in [1.29, 1.82) is 0 Å². The summed E-state index contributed by atoms with van der Waals surface area (Å²) in [6.45, 7) is 4.54. The van der Waals surface area contributed by atoms with Crippen LogP contribution in [0.5, 0.6) is 0 Å². The predicted molar refractivity (Wildman–Crippen MR) is 80.9 cm³/mol. The molecule has 0 saturated carbocycles. The van der Waals surface area contributed by atoms with Crippen molar-refractivity contribution in [2.24, 2.45) is 5.73 Å². The first-order chi connectivity index (χ1) is 8.58. The van der Waals surface area contributed by atoms with Gasteiger partial charge in [0.1, 0.15) is 0 Å². The quantitative estimate of drug-likeness (QED) is 0.845. The van der Waals surface area contributed by atoms with E-state index in [4.69, 9.17) is 10.5 Å². The second-order valence-corrected chi connectivity index (χ2v) is 4.59. The molecule has 0 fully saturated rings. The molecule has 0 heterocycles. The van der Waals surface area contributed by atoms with Gasteiger partial charge in [-0.3, -0.25) is 4.79 Å². The lowest BCUT2D eigenvalue weighted by Gasteiger charge is -2.16. The molecule has 19 heavy (non-hydrogen) atoms. The molecule has 0 bridgehead atoms. The SMILES string of the molecule is COC(CN)CC(=O)Nc1ccccc1C(C)C.Cl. The Morgan fingerprint density at radius 1 is 1.37 bits per heavy atom. The number of hydrogen-bond donors (Lipinski definition) is 2. The first-order valence-corrected chi connectivity index (χ1v) is 6.20. The molecule has 0 aromatic heterocycles. The van der Waals surface area contributed by atoms with Crippen LogP contribution in [0.25, 0.3) is 0 Å². The molecule has 0 aliphatic carbocycles. The maximum atomic E-state index is 11.9. The Hall–Kier alpha value is -1.10. The molecule has 0 spiro atoms. The van der Waals surface area contributed by atoms with Gasteiger partial charge in [0, 0.05) is 19.3 Å². The number of carbonyl (C=O) groups is 1. The van der Waals surface area contributed by atoms with E-state index >= 15 is 0 Å². The molecule has 0 radical (unpaired) electrons. The molecule has 1 unspecified atom stereocenters. The predicted octanol–water partition coefficient (Wildman–Crippen LogP) is 2.53. The molecule has 0 saturated heterocycles. The number of amides is 1. The largest absolute Gasteiger partial charge is 0.380 e. The number of methoxy groups -OCH3 is 1. The smallest absolute Gasteiger partial charge is 0.227 e. The van der Waals surface area contributed by atoms with Crippen molar-refractivity contribution in [3.05, 3.63) is 29.8 Å². The van der Waals surface area contributed by atoms with Crippen LogP contribution in [-0.2, 0) is 9.53 Å². The minimum Gasteiger partial charge on any atom is -0.380 e. The minimum absolute atomic E-state index is 0. The van der Waals surface area contributed by atoms with Crippen LogP contribution in [0.4, 0.5) is 5.69 Å². The molecular formula is C14H23ClN2O2. The van der Waals surface area contributed by atoms with Gasteiger partial charge in [0.15, 0.2) is 0 Å². The summed E-state index contributed by atoms with van der Waals surface area (Å²) in [4.78, 5) is 11.9. The van der Waals surface area contributed by atoms with Crippen molar-refractivity contribution in [2.45, 2.75) is 32.3 Å². The maximum Gasteiger partial charge on any atom is 0.227 e. The van der Waals surface area contributed by atoms with Gasteiger partial charge in [-0.05, 0) is 17.5 Å². The number of nitrogens with two attached hydrogens (primary N) is 1. The third-order valence-electron chi connectivity index (χ3n) is 2.87. The van der Waals surface area contributed by atoms with Crippen molar-refractivity contribution in [1.82, 2.24) is 0 Å². The molecule has 1 amide bonds. The van der Waals surface area contributed by atoms with E-state index in [9.17, 15) is 4.79 Å². The second-order valence-electron chi connectivity index (χ2n) is 4.59. The molecule has 0 aliphatic rings. The maximum absolute atomic E-state index is 11.9. The van der Waals surface area contributed by atoms with Crippen LogP contribution in [0.15, 0.2) is 24.3 Å². The van der Waals surface area contributed by atoms with Gasteiger partial charge in [0.25, 0.3) is 0 Å². The van der Waals surface area contributed by atoms with E-state index in [1.807, 2.05) is 24.3 Å². The Bertz CT molecular complexity index is 393. The topological polar surface area (TPSA) is 64.3 Å². The molecule has 1 rings (SSSR count). The summed E-state index contributed by atoms with van der Waals surface area (Å²) in [5.74, 6) is 0.301. The van der Waals surface area contributed by atoms with Crippen LogP contribution < -0.4 is 11.1 Å². The first kappa shape index (κ1) is 17.9. The normalized spacial score (nSPS) is 11.8. The number of benzene rings is 1. The molecule has 1 atom stereocenters. The number of nitrogens with one attached hydrogen (secondary N) is 1. The number of hydrogen-bond acceptors (Lipinski definition) is 3. The molecule has 3 N–H and O–H groups in total. The summed E-state index contributed by atoms with van der Waals surface area (Å²) in [6.07, 6.45) is 0.0515. The second kappa shape index (κ2) is 8.91. The number of ether oxygens (including phenoxy) is 1. The Morgan fingerprint density at radius 3 is 2.53 bits per heavy atom. The Balaban J connectivity index is 0.00000324. The lowest BCUT2D eigenvalue weighted by Crippen LogP contribution is -2.28. The van der Waals surface area contributed by atoms with Crippen molar-refractivity contribution in [2.75, 3.05) is 19.0 Å².